The molecular weight excluding hydrogens is 398 g/mol. The molecule has 7 heteroatoms. The SMILES string of the molecule is CNC(=O)c1ccc2cncn2c1Nc1ccc(I)cc1F. The number of fused-ring (bicyclic) bond motifs is 1. The maximum Gasteiger partial charge on any atom is 0.254 e. The van der Waals surface area contributed by atoms with Crippen molar-refractivity contribution in [2.24, 2.45) is 0 Å². The maximum absolute atomic E-state index is 14.1. The van der Waals surface area contributed by atoms with Gasteiger partial charge in [-0.05, 0) is 52.9 Å². The number of amides is 1. The molecule has 112 valence electrons. The lowest BCUT2D eigenvalue weighted by molar-refractivity contribution is 0.0963. The second-order valence-electron chi connectivity index (χ2n) is 4.61. The molecule has 0 aliphatic carbocycles. The zero-order valence-corrected chi connectivity index (χ0v) is 13.8. The van der Waals surface area contributed by atoms with Crippen LogP contribution in [0.15, 0.2) is 42.9 Å². The van der Waals surface area contributed by atoms with E-state index in [2.05, 4.69) is 15.6 Å². The van der Waals surface area contributed by atoms with Crippen LogP contribution in [0.1, 0.15) is 10.4 Å². The van der Waals surface area contributed by atoms with Crippen molar-refractivity contribution in [2.75, 3.05) is 12.4 Å². The van der Waals surface area contributed by atoms with E-state index in [9.17, 15) is 9.18 Å². The number of halogens is 2. The van der Waals surface area contributed by atoms with Gasteiger partial charge in [0.2, 0.25) is 0 Å². The van der Waals surface area contributed by atoms with Crippen LogP contribution in [0.25, 0.3) is 5.52 Å². The lowest BCUT2D eigenvalue weighted by Gasteiger charge is -2.14. The van der Waals surface area contributed by atoms with Gasteiger partial charge in [-0.25, -0.2) is 9.37 Å². The second kappa shape index (κ2) is 5.91. The lowest BCUT2D eigenvalue weighted by atomic mass is 10.2. The number of anilines is 2. The van der Waals surface area contributed by atoms with Crippen LogP contribution >= 0.6 is 22.6 Å². The van der Waals surface area contributed by atoms with E-state index in [0.717, 1.165) is 9.09 Å². The fourth-order valence-electron chi connectivity index (χ4n) is 2.16. The van der Waals surface area contributed by atoms with Crippen molar-refractivity contribution in [1.29, 1.82) is 0 Å². The Morgan fingerprint density at radius 3 is 2.86 bits per heavy atom. The predicted octanol–water partition coefficient (Wildman–Crippen LogP) is 3.18. The summed E-state index contributed by atoms with van der Waals surface area (Å²) in [4.78, 5) is 16.1. The van der Waals surface area contributed by atoms with Crippen LogP contribution in [0, 0.1) is 9.39 Å². The zero-order valence-electron chi connectivity index (χ0n) is 11.6. The summed E-state index contributed by atoms with van der Waals surface area (Å²) in [5.74, 6) is -0.176. The number of nitrogens with zero attached hydrogens (tertiary/aromatic N) is 2. The average molecular weight is 410 g/mol. The number of benzene rings is 1. The largest absolute Gasteiger partial charge is 0.355 e. The standard InChI is InChI=1S/C15H12FIN4O/c1-18-15(22)11-4-3-10-7-19-8-21(10)14(11)20-13-5-2-9(17)6-12(13)16/h2-8,20H,1H3,(H,18,22). The topological polar surface area (TPSA) is 58.4 Å². The van der Waals surface area contributed by atoms with Crippen molar-refractivity contribution < 1.29 is 9.18 Å². The van der Waals surface area contributed by atoms with E-state index in [0.29, 0.717) is 17.1 Å². The number of carbonyl (C=O) groups is 1. The van der Waals surface area contributed by atoms with E-state index in [4.69, 9.17) is 0 Å². The molecule has 0 bridgehead atoms. The van der Waals surface area contributed by atoms with Gasteiger partial charge < -0.3 is 10.6 Å². The molecule has 0 aliphatic rings. The van der Waals surface area contributed by atoms with Crippen LogP contribution in [0.2, 0.25) is 0 Å². The molecule has 0 radical (unpaired) electrons. The Kier molecular flexibility index (Phi) is 3.97. The summed E-state index contributed by atoms with van der Waals surface area (Å²) in [6, 6.07) is 8.33. The van der Waals surface area contributed by atoms with Gasteiger partial charge >= 0.3 is 0 Å². The first-order chi connectivity index (χ1) is 10.6. The van der Waals surface area contributed by atoms with E-state index in [-0.39, 0.29) is 11.7 Å². The highest BCUT2D eigenvalue weighted by Crippen LogP contribution is 2.25. The minimum atomic E-state index is -0.383. The van der Waals surface area contributed by atoms with Crippen LogP contribution in [0.5, 0.6) is 0 Å². The first-order valence-corrected chi connectivity index (χ1v) is 7.57. The van der Waals surface area contributed by atoms with Crippen molar-refractivity contribution in [3.63, 3.8) is 0 Å². The summed E-state index contributed by atoms with van der Waals surface area (Å²) >= 11 is 2.04. The molecular formula is C15H12FIN4O. The van der Waals surface area contributed by atoms with Gasteiger partial charge in [-0.15, -0.1) is 0 Å². The molecule has 0 saturated heterocycles. The molecule has 0 spiro atoms. The van der Waals surface area contributed by atoms with Gasteiger partial charge in [0.15, 0.2) is 0 Å². The van der Waals surface area contributed by atoms with Crippen molar-refractivity contribution >= 4 is 45.5 Å². The molecule has 3 aromatic rings. The van der Waals surface area contributed by atoms with E-state index < -0.39 is 0 Å². The second-order valence-corrected chi connectivity index (χ2v) is 5.86. The molecule has 0 atom stereocenters. The molecule has 1 amide bonds. The van der Waals surface area contributed by atoms with Gasteiger partial charge in [0, 0.05) is 10.6 Å². The number of hydrogen-bond donors (Lipinski definition) is 2. The fourth-order valence-corrected chi connectivity index (χ4v) is 2.61. The van der Waals surface area contributed by atoms with Gasteiger partial charge in [-0.1, -0.05) is 0 Å². The molecule has 0 unspecified atom stereocenters. The van der Waals surface area contributed by atoms with Gasteiger partial charge in [-0.3, -0.25) is 9.20 Å². The maximum atomic E-state index is 14.1. The Labute approximate surface area is 139 Å². The summed E-state index contributed by atoms with van der Waals surface area (Å²) < 4.78 is 16.6. The third-order valence-corrected chi connectivity index (χ3v) is 3.91. The van der Waals surface area contributed by atoms with Gasteiger partial charge in [0.05, 0.1) is 23.0 Å². The Hall–Kier alpha value is -2.16. The number of hydrogen-bond acceptors (Lipinski definition) is 3. The van der Waals surface area contributed by atoms with Crippen LogP contribution in [-0.2, 0) is 0 Å². The Bertz CT molecular complexity index is 862. The smallest absolute Gasteiger partial charge is 0.254 e. The number of carbonyl (C=O) groups excluding carboxylic acids is 1. The average Bonchev–Trinajstić information content (AvgIpc) is 2.98. The molecule has 0 saturated carbocycles. The molecule has 2 N–H and O–H groups in total. The summed E-state index contributed by atoms with van der Waals surface area (Å²) in [5, 5.41) is 5.58. The van der Waals surface area contributed by atoms with Gasteiger partial charge in [0.1, 0.15) is 18.0 Å². The molecule has 0 aliphatic heterocycles. The minimum absolute atomic E-state index is 0.260. The quantitative estimate of drug-likeness (QED) is 0.653. The Morgan fingerprint density at radius 1 is 1.32 bits per heavy atom. The van der Waals surface area contributed by atoms with Crippen molar-refractivity contribution in [1.82, 2.24) is 14.7 Å². The van der Waals surface area contributed by atoms with Gasteiger partial charge in [0.25, 0.3) is 5.91 Å². The lowest BCUT2D eigenvalue weighted by Crippen LogP contribution is -2.20. The van der Waals surface area contributed by atoms with Crippen LogP contribution in [0.4, 0.5) is 15.9 Å². The Balaban J connectivity index is 2.15. The zero-order chi connectivity index (χ0) is 15.7. The number of pyridine rings is 1. The first kappa shape index (κ1) is 14.8. The molecule has 0 fully saturated rings. The van der Waals surface area contributed by atoms with Crippen molar-refractivity contribution in [2.45, 2.75) is 0 Å². The number of imidazole rings is 1. The van der Waals surface area contributed by atoms with E-state index in [1.807, 2.05) is 22.6 Å². The first-order valence-electron chi connectivity index (χ1n) is 6.49. The molecule has 2 aromatic heterocycles. The summed E-state index contributed by atoms with van der Waals surface area (Å²) in [6.07, 6.45) is 3.25. The van der Waals surface area contributed by atoms with Crippen molar-refractivity contribution in [3.05, 3.63) is 57.8 Å². The predicted molar refractivity (Wildman–Crippen MR) is 91.0 cm³/mol. The van der Waals surface area contributed by atoms with E-state index >= 15 is 0 Å². The Morgan fingerprint density at radius 2 is 2.14 bits per heavy atom. The number of aromatic nitrogens is 2. The third-order valence-electron chi connectivity index (χ3n) is 3.24. The highest BCUT2D eigenvalue weighted by Gasteiger charge is 2.15. The molecule has 3 rings (SSSR count). The highest BCUT2D eigenvalue weighted by molar-refractivity contribution is 14.1. The molecule has 2 heterocycles. The number of rotatable bonds is 3. The van der Waals surface area contributed by atoms with Crippen LogP contribution < -0.4 is 10.6 Å². The van der Waals surface area contributed by atoms with Crippen LogP contribution in [-0.4, -0.2) is 22.3 Å². The molecule has 5 nitrogen and oxygen atoms in total. The van der Waals surface area contributed by atoms with Crippen LogP contribution in [0.3, 0.4) is 0 Å². The monoisotopic (exact) mass is 410 g/mol. The summed E-state index contributed by atoms with van der Waals surface area (Å²) in [5.41, 5.74) is 1.51. The summed E-state index contributed by atoms with van der Waals surface area (Å²) in [7, 11) is 1.55. The van der Waals surface area contributed by atoms with E-state index in [1.165, 1.54) is 6.07 Å². The number of nitrogens with one attached hydrogen (secondary N) is 2. The summed E-state index contributed by atoms with van der Waals surface area (Å²) in [6.45, 7) is 0. The van der Waals surface area contributed by atoms with E-state index in [1.54, 1.807) is 48.2 Å². The van der Waals surface area contributed by atoms with Crippen molar-refractivity contribution in [3.8, 4) is 0 Å². The van der Waals surface area contributed by atoms with Gasteiger partial charge in [-0.2, -0.15) is 0 Å². The normalized spacial score (nSPS) is 10.7. The highest BCUT2D eigenvalue weighted by atomic mass is 127. The molecule has 22 heavy (non-hydrogen) atoms. The third kappa shape index (κ3) is 2.63. The fraction of sp³-hybridized carbons (Fsp3) is 0.0667. The minimum Gasteiger partial charge on any atom is -0.355 e. The molecule has 1 aromatic carbocycles.